The molecule has 2 nitrogen and oxygen atoms in total. The Morgan fingerprint density at radius 3 is 2.79 bits per heavy atom. The molecule has 0 amide bonds. The van der Waals surface area contributed by atoms with Crippen molar-refractivity contribution in [2.45, 2.75) is 45.7 Å². The quantitative estimate of drug-likeness (QED) is 0.757. The Morgan fingerprint density at radius 2 is 2.16 bits per heavy atom. The van der Waals surface area contributed by atoms with E-state index in [9.17, 15) is 0 Å². The van der Waals surface area contributed by atoms with Crippen molar-refractivity contribution in [1.82, 2.24) is 5.32 Å². The predicted molar refractivity (Wildman–Crippen MR) is 84.0 cm³/mol. The molecule has 1 unspecified atom stereocenters. The lowest BCUT2D eigenvalue weighted by Gasteiger charge is -2.29. The van der Waals surface area contributed by atoms with E-state index in [-0.39, 0.29) is 0 Å². The van der Waals surface area contributed by atoms with Crippen molar-refractivity contribution >= 4 is 17.3 Å². The molecule has 0 bridgehead atoms. The summed E-state index contributed by atoms with van der Waals surface area (Å²) in [6.07, 6.45) is 3.91. The number of halogens is 1. The van der Waals surface area contributed by atoms with E-state index in [0.717, 1.165) is 30.5 Å². The summed E-state index contributed by atoms with van der Waals surface area (Å²) in [7, 11) is 2.20. The number of nitrogens with one attached hydrogen (secondary N) is 1. The second-order valence-corrected chi connectivity index (χ2v) is 6.08. The molecule has 1 atom stereocenters. The van der Waals surface area contributed by atoms with Gasteiger partial charge in [-0.2, -0.15) is 0 Å². The van der Waals surface area contributed by atoms with Gasteiger partial charge in [-0.15, -0.1) is 0 Å². The van der Waals surface area contributed by atoms with Gasteiger partial charge in [0.1, 0.15) is 0 Å². The van der Waals surface area contributed by atoms with E-state index in [1.165, 1.54) is 24.1 Å². The molecule has 3 heteroatoms. The van der Waals surface area contributed by atoms with Gasteiger partial charge in [-0.1, -0.05) is 18.5 Å². The molecule has 1 aliphatic carbocycles. The fourth-order valence-corrected chi connectivity index (χ4v) is 2.75. The molecule has 1 N–H and O–H groups in total. The third-order valence-electron chi connectivity index (χ3n) is 4.08. The maximum absolute atomic E-state index is 6.14. The zero-order valence-electron chi connectivity index (χ0n) is 12.2. The van der Waals surface area contributed by atoms with E-state index in [2.05, 4.69) is 43.2 Å². The van der Waals surface area contributed by atoms with Crippen LogP contribution >= 0.6 is 11.6 Å². The first-order valence-electron chi connectivity index (χ1n) is 7.35. The minimum absolute atomic E-state index is 0.617. The number of rotatable bonds is 7. The highest BCUT2D eigenvalue weighted by atomic mass is 35.5. The molecular formula is C16H25ClN2. The highest BCUT2D eigenvalue weighted by Crippen LogP contribution is 2.37. The third-order valence-corrected chi connectivity index (χ3v) is 4.31. The van der Waals surface area contributed by atoms with Crippen molar-refractivity contribution in [2.24, 2.45) is 5.92 Å². The summed E-state index contributed by atoms with van der Waals surface area (Å²) in [5, 5.41) is 4.30. The highest BCUT2D eigenvalue weighted by Gasteiger charge is 2.31. The standard InChI is InChI=1S/C16H25ClN2/c1-4-9-18-11-14-10-15(17)7-8-16(14)19(3)12(2)13-5-6-13/h7-8,10,12-13,18H,4-6,9,11H2,1-3H3. The molecule has 106 valence electrons. The van der Waals surface area contributed by atoms with Crippen molar-refractivity contribution in [2.75, 3.05) is 18.5 Å². The van der Waals surface area contributed by atoms with Crippen LogP contribution in [-0.4, -0.2) is 19.6 Å². The molecule has 1 saturated carbocycles. The zero-order chi connectivity index (χ0) is 13.8. The van der Waals surface area contributed by atoms with Gasteiger partial charge in [-0.3, -0.25) is 0 Å². The molecule has 19 heavy (non-hydrogen) atoms. The molecular weight excluding hydrogens is 256 g/mol. The van der Waals surface area contributed by atoms with E-state index in [1.54, 1.807) is 0 Å². The van der Waals surface area contributed by atoms with Crippen LogP contribution in [0.4, 0.5) is 5.69 Å². The monoisotopic (exact) mass is 280 g/mol. The molecule has 0 radical (unpaired) electrons. The fraction of sp³-hybridized carbons (Fsp3) is 0.625. The van der Waals surface area contributed by atoms with E-state index in [1.807, 2.05) is 6.07 Å². The van der Waals surface area contributed by atoms with Gasteiger partial charge in [0.05, 0.1) is 0 Å². The molecule has 0 aromatic heterocycles. The normalized spacial score (nSPS) is 16.4. The first kappa shape index (κ1) is 14.7. The number of benzene rings is 1. The van der Waals surface area contributed by atoms with E-state index < -0.39 is 0 Å². The van der Waals surface area contributed by atoms with Gasteiger partial charge < -0.3 is 10.2 Å². The Morgan fingerprint density at radius 1 is 1.42 bits per heavy atom. The lowest BCUT2D eigenvalue weighted by molar-refractivity contribution is 0.603. The van der Waals surface area contributed by atoms with E-state index in [4.69, 9.17) is 11.6 Å². The van der Waals surface area contributed by atoms with Crippen molar-refractivity contribution in [3.05, 3.63) is 28.8 Å². The Balaban J connectivity index is 2.12. The van der Waals surface area contributed by atoms with Gasteiger partial charge in [-0.25, -0.2) is 0 Å². The van der Waals surface area contributed by atoms with Gasteiger partial charge >= 0.3 is 0 Å². The number of anilines is 1. The van der Waals surface area contributed by atoms with Gasteiger partial charge in [0.15, 0.2) is 0 Å². The molecule has 1 aromatic carbocycles. The summed E-state index contributed by atoms with van der Waals surface area (Å²) in [5.41, 5.74) is 2.61. The van der Waals surface area contributed by atoms with Crippen LogP contribution in [0.3, 0.4) is 0 Å². The van der Waals surface area contributed by atoms with Crippen LogP contribution in [0.5, 0.6) is 0 Å². The van der Waals surface area contributed by atoms with Crippen LogP contribution in [0, 0.1) is 5.92 Å². The number of hydrogen-bond donors (Lipinski definition) is 1. The summed E-state index contributed by atoms with van der Waals surface area (Å²) in [6.45, 7) is 6.46. The van der Waals surface area contributed by atoms with Crippen LogP contribution in [0.25, 0.3) is 0 Å². The van der Waals surface area contributed by atoms with Crippen molar-refractivity contribution in [1.29, 1.82) is 0 Å². The lowest BCUT2D eigenvalue weighted by Crippen LogP contribution is -2.32. The first-order valence-corrected chi connectivity index (χ1v) is 7.73. The van der Waals surface area contributed by atoms with Crippen molar-refractivity contribution in [3.8, 4) is 0 Å². The largest absolute Gasteiger partial charge is 0.371 e. The SMILES string of the molecule is CCCNCc1cc(Cl)ccc1N(C)C(C)C1CC1. The smallest absolute Gasteiger partial charge is 0.0412 e. The summed E-state index contributed by atoms with van der Waals surface area (Å²) < 4.78 is 0. The molecule has 0 saturated heterocycles. The molecule has 1 aliphatic rings. The van der Waals surface area contributed by atoms with E-state index in [0.29, 0.717) is 6.04 Å². The van der Waals surface area contributed by atoms with Crippen LogP contribution in [0.1, 0.15) is 38.7 Å². The second kappa shape index (κ2) is 6.62. The second-order valence-electron chi connectivity index (χ2n) is 5.64. The predicted octanol–water partition coefficient (Wildman–Crippen LogP) is 4.07. The lowest BCUT2D eigenvalue weighted by atomic mass is 10.1. The van der Waals surface area contributed by atoms with Gasteiger partial charge in [0.25, 0.3) is 0 Å². The first-order chi connectivity index (χ1) is 9.13. The van der Waals surface area contributed by atoms with E-state index >= 15 is 0 Å². The molecule has 1 fully saturated rings. The minimum atomic E-state index is 0.617. The Labute approximate surface area is 122 Å². The minimum Gasteiger partial charge on any atom is -0.371 e. The average molecular weight is 281 g/mol. The summed E-state index contributed by atoms with van der Waals surface area (Å²) in [4.78, 5) is 2.41. The average Bonchev–Trinajstić information content (AvgIpc) is 3.22. The number of nitrogens with zero attached hydrogens (tertiary/aromatic N) is 1. The Kier molecular flexibility index (Phi) is 5.12. The number of hydrogen-bond acceptors (Lipinski definition) is 2. The van der Waals surface area contributed by atoms with Crippen LogP contribution in [0.15, 0.2) is 18.2 Å². The van der Waals surface area contributed by atoms with Gasteiger partial charge in [0.2, 0.25) is 0 Å². The van der Waals surface area contributed by atoms with Crippen LogP contribution in [-0.2, 0) is 6.54 Å². The van der Waals surface area contributed by atoms with Crippen molar-refractivity contribution < 1.29 is 0 Å². The molecule has 0 heterocycles. The van der Waals surface area contributed by atoms with Crippen LogP contribution < -0.4 is 10.2 Å². The molecule has 0 aliphatic heterocycles. The maximum atomic E-state index is 6.14. The molecule has 2 rings (SSSR count). The molecule has 1 aromatic rings. The fourth-order valence-electron chi connectivity index (χ4n) is 2.55. The summed E-state index contributed by atoms with van der Waals surface area (Å²) in [6, 6.07) is 6.86. The zero-order valence-corrected chi connectivity index (χ0v) is 13.0. The van der Waals surface area contributed by atoms with Gasteiger partial charge in [0, 0.05) is 30.3 Å². The summed E-state index contributed by atoms with van der Waals surface area (Å²) in [5.74, 6) is 0.872. The topological polar surface area (TPSA) is 15.3 Å². The third kappa shape index (κ3) is 3.87. The highest BCUT2D eigenvalue weighted by molar-refractivity contribution is 6.30. The van der Waals surface area contributed by atoms with Crippen LogP contribution in [0.2, 0.25) is 5.02 Å². The maximum Gasteiger partial charge on any atom is 0.0412 e. The molecule has 0 spiro atoms. The summed E-state index contributed by atoms with van der Waals surface area (Å²) >= 11 is 6.14. The van der Waals surface area contributed by atoms with Gasteiger partial charge in [-0.05, 0) is 62.4 Å². The Hall–Kier alpha value is -0.730. The Bertz CT molecular complexity index is 415. The van der Waals surface area contributed by atoms with Crippen molar-refractivity contribution in [3.63, 3.8) is 0 Å².